The highest BCUT2D eigenvalue weighted by Crippen LogP contribution is 2.33. The molecule has 88 valence electrons. The first-order valence-corrected chi connectivity index (χ1v) is 4.75. The van der Waals surface area contributed by atoms with Crippen molar-refractivity contribution in [1.82, 2.24) is 0 Å². The molecule has 0 saturated carbocycles. The fraction of sp³-hybridized carbons (Fsp3) is 0.0909. The maximum absolute atomic E-state index is 11.2. The number of phenolic OH excluding ortho intramolecular Hbond substituents is 2. The minimum Gasteiger partial charge on any atom is -0.504 e. The molecular formula is C11H9NO5. The molecule has 0 aliphatic carbocycles. The molecule has 1 aromatic carbocycles. The number of fused-ring (bicyclic) bond motifs is 1. The number of amides is 1. The molecule has 0 fully saturated rings. The maximum atomic E-state index is 11.2. The van der Waals surface area contributed by atoms with E-state index in [1.165, 1.54) is 12.1 Å². The lowest BCUT2D eigenvalue weighted by Gasteiger charge is -2.05. The summed E-state index contributed by atoms with van der Waals surface area (Å²) in [5.41, 5.74) is 4.51. The molecule has 17 heavy (non-hydrogen) atoms. The zero-order valence-corrected chi connectivity index (χ0v) is 8.64. The number of nitrogens with two attached hydrogens (primary N) is 1. The third-order valence-electron chi connectivity index (χ3n) is 2.32. The van der Waals surface area contributed by atoms with E-state index in [2.05, 4.69) is 0 Å². The van der Waals surface area contributed by atoms with E-state index in [4.69, 9.17) is 10.2 Å². The molecule has 2 aromatic rings. The lowest BCUT2D eigenvalue weighted by atomic mass is 10.1. The fourth-order valence-electron chi connectivity index (χ4n) is 1.60. The van der Waals surface area contributed by atoms with E-state index in [9.17, 15) is 19.8 Å². The van der Waals surface area contributed by atoms with Crippen molar-refractivity contribution in [3.63, 3.8) is 0 Å². The van der Waals surface area contributed by atoms with Crippen LogP contribution in [0.2, 0.25) is 0 Å². The highest BCUT2D eigenvalue weighted by atomic mass is 16.4. The normalized spacial score (nSPS) is 10.6. The zero-order valence-electron chi connectivity index (χ0n) is 8.64. The molecular weight excluding hydrogens is 226 g/mol. The van der Waals surface area contributed by atoms with Crippen LogP contribution < -0.4 is 11.4 Å². The van der Waals surface area contributed by atoms with Gasteiger partial charge in [-0.15, -0.1) is 0 Å². The third kappa shape index (κ3) is 1.92. The van der Waals surface area contributed by atoms with Gasteiger partial charge in [-0.25, -0.2) is 4.79 Å². The minimum absolute atomic E-state index is 0.147. The largest absolute Gasteiger partial charge is 0.504 e. The molecule has 0 spiro atoms. The Labute approximate surface area is 94.9 Å². The Morgan fingerprint density at radius 1 is 1.35 bits per heavy atom. The summed E-state index contributed by atoms with van der Waals surface area (Å²) in [6, 6.07) is 3.80. The molecule has 6 heteroatoms. The first-order chi connectivity index (χ1) is 7.99. The van der Waals surface area contributed by atoms with Crippen LogP contribution in [-0.2, 0) is 11.2 Å². The monoisotopic (exact) mass is 235 g/mol. The van der Waals surface area contributed by atoms with Gasteiger partial charge in [0.1, 0.15) is 0 Å². The molecule has 2 rings (SSSR count). The van der Waals surface area contributed by atoms with Crippen molar-refractivity contribution >= 4 is 16.9 Å². The van der Waals surface area contributed by atoms with Gasteiger partial charge in [-0.05, 0) is 17.7 Å². The first-order valence-electron chi connectivity index (χ1n) is 4.75. The Morgan fingerprint density at radius 3 is 2.71 bits per heavy atom. The molecule has 1 heterocycles. The van der Waals surface area contributed by atoms with E-state index in [0.717, 1.165) is 6.07 Å². The van der Waals surface area contributed by atoms with Crippen LogP contribution in [0.3, 0.4) is 0 Å². The molecule has 0 aliphatic heterocycles. The van der Waals surface area contributed by atoms with Crippen LogP contribution in [0.1, 0.15) is 5.56 Å². The van der Waals surface area contributed by atoms with Gasteiger partial charge in [0.25, 0.3) is 0 Å². The topological polar surface area (TPSA) is 114 Å². The Morgan fingerprint density at radius 2 is 2.06 bits per heavy atom. The van der Waals surface area contributed by atoms with Gasteiger partial charge in [0.2, 0.25) is 11.7 Å². The molecule has 1 amide bonds. The van der Waals surface area contributed by atoms with Crippen LogP contribution in [0.25, 0.3) is 11.0 Å². The second-order valence-electron chi connectivity index (χ2n) is 3.54. The van der Waals surface area contributed by atoms with Gasteiger partial charge in [0.05, 0.1) is 6.42 Å². The number of primary amides is 1. The van der Waals surface area contributed by atoms with Crippen molar-refractivity contribution < 1.29 is 19.4 Å². The van der Waals surface area contributed by atoms with Crippen molar-refractivity contribution in [2.75, 3.05) is 0 Å². The van der Waals surface area contributed by atoms with Crippen LogP contribution in [0.15, 0.2) is 27.4 Å². The predicted octanol–water partition coefficient (Wildman–Crippen LogP) is 0.232. The average molecular weight is 235 g/mol. The zero-order chi connectivity index (χ0) is 12.6. The molecule has 0 unspecified atom stereocenters. The molecule has 1 aromatic heterocycles. The third-order valence-corrected chi connectivity index (χ3v) is 2.32. The fourth-order valence-corrected chi connectivity index (χ4v) is 1.60. The van der Waals surface area contributed by atoms with E-state index in [0.29, 0.717) is 10.9 Å². The van der Waals surface area contributed by atoms with Gasteiger partial charge in [-0.1, -0.05) is 0 Å². The average Bonchev–Trinajstić information content (AvgIpc) is 2.23. The number of carbonyl (C=O) groups is 1. The Bertz CT molecular complexity index is 659. The number of hydrogen-bond donors (Lipinski definition) is 3. The molecule has 6 nitrogen and oxygen atoms in total. The predicted molar refractivity (Wildman–Crippen MR) is 58.7 cm³/mol. The molecule has 0 bridgehead atoms. The first kappa shape index (κ1) is 11.0. The molecule has 0 saturated heterocycles. The number of carbonyl (C=O) groups excluding carboxylic acids is 1. The van der Waals surface area contributed by atoms with Crippen LogP contribution >= 0.6 is 0 Å². The molecule has 0 atom stereocenters. The summed E-state index contributed by atoms with van der Waals surface area (Å²) in [6.45, 7) is 0. The Kier molecular flexibility index (Phi) is 2.47. The summed E-state index contributed by atoms with van der Waals surface area (Å²) in [6.07, 6.45) is -0.147. The molecule has 4 N–H and O–H groups in total. The maximum Gasteiger partial charge on any atom is 0.336 e. The second kappa shape index (κ2) is 3.82. The van der Waals surface area contributed by atoms with Crippen LogP contribution in [0.4, 0.5) is 0 Å². The van der Waals surface area contributed by atoms with Gasteiger partial charge in [-0.3, -0.25) is 4.79 Å². The minimum atomic E-state index is -0.727. The number of rotatable bonds is 2. The van der Waals surface area contributed by atoms with E-state index in [-0.39, 0.29) is 12.0 Å². The van der Waals surface area contributed by atoms with E-state index < -0.39 is 23.0 Å². The standard InChI is InChI=1S/C11H9NO5/c12-8(14)3-5-4-9(15)17-11-6(5)1-2-7(13)10(11)16/h1-2,4,13,16H,3H2,(H2,12,14). The summed E-state index contributed by atoms with van der Waals surface area (Å²) in [7, 11) is 0. The lowest BCUT2D eigenvalue weighted by Crippen LogP contribution is -2.15. The Hall–Kier alpha value is -2.50. The van der Waals surface area contributed by atoms with E-state index in [1.807, 2.05) is 0 Å². The van der Waals surface area contributed by atoms with Crippen molar-refractivity contribution in [2.24, 2.45) is 5.73 Å². The number of hydrogen-bond acceptors (Lipinski definition) is 5. The van der Waals surface area contributed by atoms with Gasteiger partial charge in [0, 0.05) is 11.5 Å². The van der Waals surface area contributed by atoms with Gasteiger partial charge >= 0.3 is 5.63 Å². The SMILES string of the molecule is NC(=O)Cc1cc(=O)oc2c(O)c(O)ccc12. The number of aromatic hydroxyl groups is 2. The van der Waals surface area contributed by atoms with Gasteiger partial charge in [-0.2, -0.15) is 0 Å². The summed E-state index contributed by atoms with van der Waals surface area (Å²) in [4.78, 5) is 22.1. The van der Waals surface area contributed by atoms with E-state index in [1.54, 1.807) is 0 Å². The highest BCUT2D eigenvalue weighted by molar-refractivity contribution is 5.90. The summed E-state index contributed by atoms with van der Waals surface area (Å²) >= 11 is 0. The van der Waals surface area contributed by atoms with Crippen LogP contribution in [0, 0.1) is 0 Å². The summed E-state index contributed by atoms with van der Waals surface area (Å²) in [5, 5.41) is 19.2. The van der Waals surface area contributed by atoms with Crippen LogP contribution in [0.5, 0.6) is 11.5 Å². The van der Waals surface area contributed by atoms with Crippen LogP contribution in [-0.4, -0.2) is 16.1 Å². The summed E-state index contributed by atoms with van der Waals surface area (Å²) < 4.78 is 4.78. The lowest BCUT2D eigenvalue weighted by molar-refractivity contribution is -0.117. The molecule has 0 aliphatic rings. The van der Waals surface area contributed by atoms with Crippen molar-refractivity contribution in [3.05, 3.63) is 34.2 Å². The number of benzene rings is 1. The van der Waals surface area contributed by atoms with Gasteiger partial charge in [0.15, 0.2) is 11.3 Å². The second-order valence-corrected chi connectivity index (χ2v) is 3.54. The summed E-state index contributed by atoms with van der Waals surface area (Å²) in [5.74, 6) is -1.55. The quantitative estimate of drug-likeness (QED) is 0.509. The molecule has 0 radical (unpaired) electrons. The smallest absolute Gasteiger partial charge is 0.336 e. The van der Waals surface area contributed by atoms with Crippen molar-refractivity contribution in [2.45, 2.75) is 6.42 Å². The van der Waals surface area contributed by atoms with Crippen molar-refractivity contribution in [3.8, 4) is 11.5 Å². The Balaban J connectivity index is 2.81. The van der Waals surface area contributed by atoms with Gasteiger partial charge < -0.3 is 20.4 Å². The van der Waals surface area contributed by atoms with Crippen molar-refractivity contribution in [1.29, 1.82) is 0 Å². The van der Waals surface area contributed by atoms with E-state index >= 15 is 0 Å². The number of phenols is 2. The highest BCUT2D eigenvalue weighted by Gasteiger charge is 2.13.